The zero-order valence-electron chi connectivity index (χ0n) is 20.3. The van der Waals surface area contributed by atoms with Crippen LogP contribution in [0.1, 0.15) is 53.4 Å². The number of Topliss-reactive ketones (excluding diaryl/α,β-unsaturated/α-hetero) is 1. The fourth-order valence-corrected chi connectivity index (χ4v) is 3.18. The van der Waals surface area contributed by atoms with E-state index in [-0.39, 0.29) is 35.5 Å². The van der Waals surface area contributed by atoms with E-state index in [0.29, 0.717) is 17.1 Å². The summed E-state index contributed by atoms with van der Waals surface area (Å²) in [6, 6.07) is 10.7. The van der Waals surface area contributed by atoms with E-state index in [1.54, 1.807) is 30.6 Å². The molecular formula is C25H24FN7O4. The molecule has 3 aromatic heterocycles. The van der Waals surface area contributed by atoms with Gasteiger partial charge in [-0.2, -0.15) is 0 Å². The monoisotopic (exact) mass is 505 g/mol. The van der Waals surface area contributed by atoms with Crippen molar-refractivity contribution < 1.29 is 23.9 Å². The quantitative estimate of drug-likeness (QED) is 0.359. The van der Waals surface area contributed by atoms with Crippen molar-refractivity contribution in [3.8, 4) is 11.5 Å². The summed E-state index contributed by atoms with van der Waals surface area (Å²) in [7, 11) is 0. The first-order valence-electron chi connectivity index (χ1n) is 11.1. The van der Waals surface area contributed by atoms with Crippen molar-refractivity contribution in [1.82, 2.24) is 29.7 Å². The zero-order chi connectivity index (χ0) is 26.9. The SMILES string of the molecule is CC(=O)O.CC(C)n1cnnc1-c1cccc(NC(=O)c2cc(CC(=O)c3ncccn3)ccc2F)n1. The molecule has 3 heterocycles. The van der Waals surface area contributed by atoms with Crippen LogP contribution in [0.4, 0.5) is 10.2 Å². The van der Waals surface area contributed by atoms with Gasteiger partial charge in [0.25, 0.3) is 11.9 Å². The molecular weight excluding hydrogens is 481 g/mol. The van der Waals surface area contributed by atoms with Crippen molar-refractivity contribution in [2.24, 2.45) is 0 Å². The van der Waals surface area contributed by atoms with Gasteiger partial charge in [0.2, 0.25) is 5.78 Å². The maximum atomic E-state index is 14.4. The van der Waals surface area contributed by atoms with E-state index >= 15 is 0 Å². The lowest BCUT2D eigenvalue weighted by Gasteiger charge is -2.11. The van der Waals surface area contributed by atoms with E-state index in [9.17, 15) is 14.0 Å². The number of halogens is 1. The van der Waals surface area contributed by atoms with E-state index in [1.165, 1.54) is 24.5 Å². The van der Waals surface area contributed by atoms with Crippen molar-refractivity contribution in [3.63, 3.8) is 0 Å². The van der Waals surface area contributed by atoms with Gasteiger partial charge in [-0.15, -0.1) is 10.2 Å². The Bertz CT molecular complexity index is 1400. The van der Waals surface area contributed by atoms with Crippen LogP contribution >= 0.6 is 0 Å². The highest BCUT2D eigenvalue weighted by Crippen LogP contribution is 2.20. The van der Waals surface area contributed by atoms with E-state index in [1.807, 2.05) is 18.4 Å². The molecule has 4 aromatic rings. The summed E-state index contributed by atoms with van der Waals surface area (Å²) in [4.78, 5) is 46.4. The average molecular weight is 506 g/mol. The van der Waals surface area contributed by atoms with E-state index < -0.39 is 17.7 Å². The number of aliphatic carboxylic acids is 1. The number of carboxylic acids is 1. The van der Waals surface area contributed by atoms with Crippen molar-refractivity contribution in [2.75, 3.05) is 5.32 Å². The molecule has 0 spiro atoms. The maximum Gasteiger partial charge on any atom is 0.300 e. The van der Waals surface area contributed by atoms with Gasteiger partial charge in [0.05, 0.1) is 5.56 Å². The second-order valence-corrected chi connectivity index (χ2v) is 8.02. The molecule has 0 radical (unpaired) electrons. The summed E-state index contributed by atoms with van der Waals surface area (Å²) in [5.74, 6) is -1.73. The van der Waals surface area contributed by atoms with Gasteiger partial charge in [-0.05, 0) is 49.7 Å². The number of pyridine rings is 1. The van der Waals surface area contributed by atoms with Crippen molar-refractivity contribution in [3.05, 3.63) is 84.0 Å². The van der Waals surface area contributed by atoms with Crippen LogP contribution in [0.5, 0.6) is 0 Å². The highest BCUT2D eigenvalue weighted by Gasteiger charge is 2.17. The molecule has 0 atom stereocenters. The number of benzene rings is 1. The van der Waals surface area contributed by atoms with Crippen LogP contribution in [0.25, 0.3) is 11.5 Å². The number of rotatable bonds is 7. The number of hydrogen-bond donors (Lipinski definition) is 2. The van der Waals surface area contributed by atoms with Crippen LogP contribution in [-0.4, -0.2) is 52.5 Å². The molecule has 37 heavy (non-hydrogen) atoms. The van der Waals surface area contributed by atoms with E-state index in [0.717, 1.165) is 13.0 Å². The fourth-order valence-electron chi connectivity index (χ4n) is 3.18. The molecule has 12 heteroatoms. The summed E-state index contributed by atoms with van der Waals surface area (Å²) in [5, 5.41) is 18.0. The van der Waals surface area contributed by atoms with Gasteiger partial charge >= 0.3 is 0 Å². The number of nitrogens with zero attached hydrogens (tertiary/aromatic N) is 6. The first kappa shape index (κ1) is 26.7. The van der Waals surface area contributed by atoms with Gasteiger partial charge in [-0.25, -0.2) is 19.3 Å². The van der Waals surface area contributed by atoms with Crippen LogP contribution in [-0.2, 0) is 11.2 Å². The lowest BCUT2D eigenvalue weighted by Crippen LogP contribution is -2.16. The molecule has 190 valence electrons. The molecule has 1 amide bonds. The third kappa shape index (κ3) is 7.31. The first-order valence-corrected chi connectivity index (χ1v) is 11.1. The molecule has 0 bridgehead atoms. The van der Waals surface area contributed by atoms with Crippen molar-refractivity contribution in [2.45, 2.75) is 33.2 Å². The lowest BCUT2D eigenvalue weighted by atomic mass is 10.0. The molecule has 2 N–H and O–H groups in total. The van der Waals surface area contributed by atoms with Gasteiger partial charge in [0, 0.05) is 31.8 Å². The smallest absolute Gasteiger partial charge is 0.300 e. The van der Waals surface area contributed by atoms with Crippen LogP contribution in [0.15, 0.2) is 61.2 Å². The minimum absolute atomic E-state index is 0.0584. The summed E-state index contributed by atoms with van der Waals surface area (Å²) in [6.45, 7) is 5.06. The number of carboxylic acid groups (broad SMARTS) is 1. The normalized spacial score (nSPS) is 10.4. The van der Waals surface area contributed by atoms with E-state index in [2.05, 4.69) is 30.5 Å². The Morgan fingerprint density at radius 1 is 1.08 bits per heavy atom. The number of amides is 1. The van der Waals surface area contributed by atoms with Crippen LogP contribution in [0.3, 0.4) is 0 Å². The molecule has 0 aliphatic carbocycles. The van der Waals surface area contributed by atoms with Gasteiger partial charge < -0.3 is 15.0 Å². The van der Waals surface area contributed by atoms with Gasteiger partial charge in [0.15, 0.2) is 11.6 Å². The number of nitrogens with one attached hydrogen (secondary N) is 1. The molecule has 0 aliphatic rings. The maximum absolute atomic E-state index is 14.4. The van der Waals surface area contributed by atoms with E-state index in [4.69, 9.17) is 9.90 Å². The Kier molecular flexibility index (Phi) is 8.81. The Balaban J connectivity index is 0.000000886. The number of anilines is 1. The molecule has 1 aromatic carbocycles. The summed E-state index contributed by atoms with van der Waals surface area (Å²) in [5.41, 5.74) is 0.777. The predicted molar refractivity (Wildman–Crippen MR) is 131 cm³/mol. The number of hydrogen-bond acceptors (Lipinski definition) is 8. The topological polar surface area (TPSA) is 153 Å². The zero-order valence-corrected chi connectivity index (χ0v) is 20.3. The summed E-state index contributed by atoms with van der Waals surface area (Å²) in [6.07, 6.45) is 4.47. The lowest BCUT2D eigenvalue weighted by molar-refractivity contribution is -0.134. The summed E-state index contributed by atoms with van der Waals surface area (Å²) < 4.78 is 16.3. The van der Waals surface area contributed by atoms with Crippen molar-refractivity contribution >= 4 is 23.5 Å². The Morgan fingerprint density at radius 3 is 2.46 bits per heavy atom. The number of ketones is 1. The average Bonchev–Trinajstić information content (AvgIpc) is 3.36. The third-order valence-corrected chi connectivity index (χ3v) is 4.80. The Morgan fingerprint density at radius 2 is 1.78 bits per heavy atom. The molecule has 0 saturated heterocycles. The van der Waals surface area contributed by atoms with Gasteiger partial charge in [-0.1, -0.05) is 12.1 Å². The molecule has 4 rings (SSSR count). The van der Waals surface area contributed by atoms with Gasteiger partial charge in [0.1, 0.15) is 23.7 Å². The Labute approximate surface area is 211 Å². The van der Waals surface area contributed by atoms with Crippen LogP contribution < -0.4 is 5.32 Å². The largest absolute Gasteiger partial charge is 0.481 e. The van der Waals surface area contributed by atoms with Crippen molar-refractivity contribution in [1.29, 1.82) is 0 Å². The predicted octanol–water partition coefficient (Wildman–Crippen LogP) is 3.62. The minimum atomic E-state index is -0.833. The first-order chi connectivity index (χ1) is 17.7. The van der Waals surface area contributed by atoms with Crippen LogP contribution in [0.2, 0.25) is 0 Å². The molecule has 0 saturated carbocycles. The fraction of sp³-hybridized carbons (Fsp3) is 0.200. The minimum Gasteiger partial charge on any atom is -0.481 e. The molecule has 0 aliphatic heterocycles. The molecule has 11 nitrogen and oxygen atoms in total. The third-order valence-electron chi connectivity index (χ3n) is 4.80. The second-order valence-electron chi connectivity index (χ2n) is 8.02. The second kappa shape index (κ2) is 12.2. The summed E-state index contributed by atoms with van der Waals surface area (Å²) >= 11 is 0. The number of carbonyl (C=O) groups is 3. The highest BCUT2D eigenvalue weighted by atomic mass is 19.1. The number of aromatic nitrogens is 6. The standard InChI is InChI=1S/C23H20FN7O2.C2H4O2/c1-14(2)31-13-27-30-22(31)18-5-3-6-20(28-18)29-23(33)16-11-15(7-8-17(16)24)12-19(32)21-25-9-4-10-26-21;1-2(3)4/h3-11,13-14H,12H2,1-2H3,(H,28,29,33);1H3,(H,3,4). The molecule has 0 unspecified atom stereocenters. The number of carbonyl (C=O) groups excluding carboxylic acids is 2. The highest BCUT2D eigenvalue weighted by molar-refractivity contribution is 6.04. The van der Waals surface area contributed by atoms with Crippen LogP contribution in [0, 0.1) is 5.82 Å². The van der Waals surface area contributed by atoms with Gasteiger partial charge in [-0.3, -0.25) is 14.4 Å². The molecule has 0 fully saturated rings. The Hall–Kier alpha value is -4.87.